The molecule has 0 saturated carbocycles. The molecule has 0 bridgehead atoms. The van der Waals surface area contributed by atoms with Gasteiger partial charge in [-0.1, -0.05) is 66.7 Å². The molecule has 3 amide bonds. The molecule has 1 fully saturated rings. The van der Waals surface area contributed by atoms with Gasteiger partial charge in [0, 0.05) is 0 Å². The molecule has 6 nitrogen and oxygen atoms in total. The Morgan fingerprint density at radius 2 is 1.62 bits per heavy atom. The summed E-state index contributed by atoms with van der Waals surface area (Å²) in [5.74, 6) is 0.711. The summed E-state index contributed by atoms with van der Waals surface area (Å²) in [6.45, 7) is 0.388. The summed E-state index contributed by atoms with van der Waals surface area (Å²) in [5, 5.41) is 4.94. The zero-order valence-corrected chi connectivity index (χ0v) is 18.5. The fourth-order valence-electron chi connectivity index (χ4n) is 3.98. The van der Waals surface area contributed by atoms with Crippen molar-refractivity contribution in [2.45, 2.75) is 6.61 Å². The van der Waals surface area contributed by atoms with Crippen LogP contribution in [0.4, 0.5) is 10.5 Å². The van der Waals surface area contributed by atoms with E-state index in [1.54, 1.807) is 49.6 Å². The number of hydrogen-bond acceptors (Lipinski definition) is 4. The Morgan fingerprint density at radius 3 is 2.44 bits per heavy atom. The van der Waals surface area contributed by atoms with Crippen LogP contribution >= 0.6 is 0 Å². The van der Waals surface area contributed by atoms with Crippen molar-refractivity contribution >= 4 is 34.5 Å². The van der Waals surface area contributed by atoms with Crippen LogP contribution in [0.15, 0.2) is 96.7 Å². The molecule has 1 saturated heterocycles. The normalized spacial score (nSPS) is 14.5. The lowest BCUT2D eigenvalue weighted by molar-refractivity contribution is -0.113. The Balaban J connectivity index is 1.36. The van der Waals surface area contributed by atoms with Gasteiger partial charge in [0.05, 0.1) is 12.8 Å². The summed E-state index contributed by atoms with van der Waals surface area (Å²) >= 11 is 0. The zero-order chi connectivity index (χ0) is 23.5. The fourth-order valence-corrected chi connectivity index (χ4v) is 3.98. The van der Waals surface area contributed by atoms with Crippen molar-refractivity contribution in [1.29, 1.82) is 0 Å². The highest BCUT2D eigenvalue weighted by molar-refractivity contribution is 6.28. The summed E-state index contributed by atoms with van der Waals surface area (Å²) < 4.78 is 11.6. The van der Waals surface area contributed by atoms with E-state index in [1.807, 2.05) is 36.4 Å². The van der Waals surface area contributed by atoms with Gasteiger partial charge in [-0.2, -0.15) is 0 Å². The number of urea groups is 1. The van der Waals surface area contributed by atoms with Gasteiger partial charge in [-0.05, 0) is 52.2 Å². The third-order valence-corrected chi connectivity index (χ3v) is 5.65. The van der Waals surface area contributed by atoms with Crippen molar-refractivity contribution in [3.8, 4) is 11.5 Å². The molecule has 6 heteroatoms. The monoisotopic (exact) mass is 450 g/mol. The number of ether oxygens (including phenoxy) is 2. The number of carbonyl (C=O) groups excluding carboxylic acids is 2. The predicted molar refractivity (Wildman–Crippen MR) is 132 cm³/mol. The van der Waals surface area contributed by atoms with Crippen molar-refractivity contribution in [2.24, 2.45) is 0 Å². The Labute approximate surface area is 197 Å². The summed E-state index contributed by atoms with van der Waals surface area (Å²) in [7, 11) is 1.57. The number of carbonyl (C=O) groups is 2. The smallest absolute Gasteiger partial charge is 0.333 e. The maximum Gasteiger partial charge on any atom is 0.333 e. The summed E-state index contributed by atoms with van der Waals surface area (Å²) in [6.07, 6.45) is 1.63. The third-order valence-electron chi connectivity index (χ3n) is 5.65. The maximum atomic E-state index is 12.8. The molecule has 1 N–H and O–H groups in total. The van der Waals surface area contributed by atoms with E-state index < -0.39 is 11.9 Å². The van der Waals surface area contributed by atoms with Crippen molar-refractivity contribution in [1.82, 2.24) is 5.32 Å². The van der Waals surface area contributed by atoms with Crippen molar-refractivity contribution in [3.63, 3.8) is 0 Å². The number of rotatable bonds is 6. The van der Waals surface area contributed by atoms with Gasteiger partial charge in [0.2, 0.25) is 0 Å². The predicted octanol–water partition coefficient (Wildman–Crippen LogP) is 5.52. The standard InChI is InChI=1S/C28H22N2O4/c1-33-26-17-19(16-24-27(31)30(28(32)29-24)22-11-3-2-4-12-22)14-15-25(26)34-18-21-10-7-9-20-8-5-6-13-23(20)21/h2-17H,18H2,1H3,(H,29,32)/b24-16+. The lowest BCUT2D eigenvalue weighted by Crippen LogP contribution is -2.30. The number of hydrogen-bond donors (Lipinski definition) is 1. The molecule has 5 rings (SSSR count). The van der Waals surface area contributed by atoms with Crippen LogP contribution in [-0.4, -0.2) is 19.0 Å². The van der Waals surface area contributed by atoms with Gasteiger partial charge in [0.15, 0.2) is 11.5 Å². The molecule has 1 heterocycles. The summed E-state index contributed by atoms with van der Waals surface area (Å²) in [5.41, 5.74) is 2.49. The van der Waals surface area contributed by atoms with E-state index in [2.05, 4.69) is 23.5 Å². The first-order chi connectivity index (χ1) is 16.6. The van der Waals surface area contributed by atoms with Crippen LogP contribution in [0.3, 0.4) is 0 Å². The van der Waals surface area contributed by atoms with Gasteiger partial charge in [-0.15, -0.1) is 0 Å². The minimum atomic E-state index is -0.482. The fraction of sp³-hybridized carbons (Fsp3) is 0.0714. The van der Waals surface area contributed by atoms with Gasteiger partial charge < -0.3 is 14.8 Å². The highest BCUT2D eigenvalue weighted by Crippen LogP contribution is 2.31. The minimum absolute atomic E-state index is 0.195. The SMILES string of the molecule is COc1cc(/C=C2/NC(=O)N(c3ccccc3)C2=O)ccc1OCc1cccc2ccccc12. The highest BCUT2D eigenvalue weighted by Gasteiger charge is 2.34. The molecule has 0 radical (unpaired) electrons. The summed E-state index contributed by atoms with van der Waals surface area (Å²) in [4.78, 5) is 26.3. The number of amides is 3. The molecule has 34 heavy (non-hydrogen) atoms. The lowest BCUT2D eigenvalue weighted by atomic mass is 10.1. The summed E-state index contributed by atoms with van der Waals surface area (Å²) in [6, 6.07) is 28.0. The van der Waals surface area contributed by atoms with Gasteiger partial charge in [-0.3, -0.25) is 4.79 Å². The van der Waals surface area contributed by atoms with Crippen molar-refractivity contribution in [2.75, 3.05) is 12.0 Å². The van der Waals surface area contributed by atoms with Crippen LogP contribution in [0, 0.1) is 0 Å². The Hall–Kier alpha value is -4.58. The number of benzene rings is 4. The van der Waals surface area contributed by atoms with E-state index in [0.717, 1.165) is 21.2 Å². The van der Waals surface area contributed by atoms with Gasteiger partial charge in [-0.25, -0.2) is 9.69 Å². The molecule has 1 aliphatic heterocycles. The number of anilines is 1. The number of fused-ring (bicyclic) bond motifs is 1. The largest absolute Gasteiger partial charge is 0.493 e. The molecule has 4 aromatic rings. The zero-order valence-electron chi connectivity index (χ0n) is 18.5. The van der Waals surface area contributed by atoms with E-state index >= 15 is 0 Å². The number of imide groups is 1. The first kappa shape index (κ1) is 21.3. The Morgan fingerprint density at radius 1 is 0.853 bits per heavy atom. The number of nitrogens with one attached hydrogen (secondary N) is 1. The van der Waals surface area contributed by atoms with Crippen LogP contribution in [0.5, 0.6) is 11.5 Å². The van der Waals surface area contributed by atoms with Crippen molar-refractivity contribution in [3.05, 3.63) is 108 Å². The molecule has 0 aliphatic carbocycles. The minimum Gasteiger partial charge on any atom is -0.493 e. The van der Waals surface area contributed by atoms with E-state index in [-0.39, 0.29) is 5.70 Å². The van der Waals surface area contributed by atoms with Gasteiger partial charge in [0.25, 0.3) is 5.91 Å². The van der Waals surface area contributed by atoms with Crippen LogP contribution in [0.25, 0.3) is 16.8 Å². The molecule has 0 spiro atoms. The van der Waals surface area contributed by atoms with E-state index in [1.165, 1.54) is 0 Å². The maximum absolute atomic E-state index is 12.8. The first-order valence-electron chi connectivity index (χ1n) is 10.8. The van der Waals surface area contributed by atoms with Gasteiger partial charge in [0.1, 0.15) is 12.3 Å². The Kier molecular flexibility index (Phi) is 5.70. The molecule has 1 aliphatic rings. The number of methoxy groups -OCH3 is 1. The molecular weight excluding hydrogens is 428 g/mol. The molecule has 0 aromatic heterocycles. The van der Waals surface area contributed by atoms with E-state index in [9.17, 15) is 9.59 Å². The van der Waals surface area contributed by atoms with Gasteiger partial charge >= 0.3 is 6.03 Å². The second-order valence-electron chi connectivity index (χ2n) is 7.80. The average Bonchev–Trinajstić information content (AvgIpc) is 3.15. The van der Waals surface area contributed by atoms with Crippen LogP contribution < -0.4 is 19.7 Å². The van der Waals surface area contributed by atoms with Crippen LogP contribution in [0.1, 0.15) is 11.1 Å². The second-order valence-corrected chi connectivity index (χ2v) is 7.80. The lowest BCUT2D eigenvalue weighted by Gasteiger charge is -2.13. The number of nitrogens with zero attached hydrogens (tertiary/aromatic N) is 1. The Bertz CT molecular complexity index is 1410. The van der Waals surface area contributed by atoms with E-state index in [0.29, 0.717) is 29.4 Å². The molecular formula is C28H22N2O4. The third kappa shape index (κ3) is 4.09. The number of para-hydroxylation sites is 1. The van der Waals surface area contributed by atoms with Crippen molar-refractivity contribution < 1.29 is 19.1 Å². The second kappa shape index (κ2) is 9.11. The van der Waals surface area contributed by atoms with E-state index in [4.69, 9.17) is 9.47 Å². The average molecular weight is 450 g/mol. The molecule has 168 valence electrons. The van der Waals surface area contributed by atoms with Crippen LogP contribution in [-0.2, 0) is 11.4 Å². The highest BCUT2D eigenvalue weighted by atomic mass is 16.5. The molecule has 0 atom stereocenters. The molecule has 0 unspecified atom stereocenters. The molecule has 4 aromatic carbocycles. The quantitative estimate of drug-likeness (QED) is 0.310. The first-order valence-corrected chi connectivity index (χ1v) is 10.8. The van der Waals surface area contributed by atoms with Crippen LogP contribution in [0.2, 0.25) is 0 Å². The topological polar surface area (TPSA) is 67.9 Å².